The van der Waals surface area contributed by atoms with Crippen molar-refractivity contribution in [2.75, 3.05) is 6.61 Å². The fraction of sp³-hybridized carbons (Fsp3) is 0.136. The lowest BCUT2D eigenvalue weighted by Crippen LogP contribution is -2.22. The molecule has 0 spiro atoms. The number of fused-ring (bicyclic) bond motifs is 1. The molecule has 2 aromatic heterocycles. The molecule has 29 heavy (non-hydrogen) atoms. The van der Waals surface area contributed by atoms with Crippen LogP contribution in [-0.4, -0.2) is 32.3 Å². The number of carbonyl (C=O) groups is 1. The largest absolute Gasteiger partial charge is 0.492 e. The molecule has 7 heteroatoms. The molecule has 0 saturated carbocycles. The lowest BCUT2D eigenvalue weighted by Gasteiger charge is -2.06. The van der Waals surface area contributed by atoms with Crippen molar-refractivity contribution in [1.29, 1.82) is 0 Å². The average Bonchev–Trinajstić information content (AvgIpc) is 3.09. The third-order valence-electron chi connectivity index (χ3n) is 4.64. The quantitative estimate of drug-likeness (QED) is 0.520. The van der Waals surface area contributed by atoms with Crippen molar-refractivity contribution in [1.82, 2.24) is 14.6 Å². The first-order valence-corrected chi connectivity index (χ1v) is 9.18. The number of aromatic nitrogens is 3. The minimum Gasteiger partial charge on any atom is -0.492 e. The van der Waals surface area contributed by atoms with Crippen LogP contribution in [0.1, 0.15) is 22.8 Å². The van der Waals surface area contributed by atoms with Gasteiger partial charge in [-0.15, -0.1) is 0 Å². The zero-order valence-corrected chi connectivity index (χ0v) is 16.0. The summed E-state index contributed by atoms with van der Waals surface area (Å²) in [7, 11) is 0. The first kappa shape index (κ1) is 18.5. The average molecular weight is 389 g/mol. The van der Waals surface area contributed by atoms with Crippen LogP contribution in [0.25, 0.3) is 28.0 Å². The van der Waals surface area contributed by atoms with Gasteiger partial charge in [0, 0.05) is 5.56 Å². The highest BCUT2D eigenvalue weighted by Gasteiger charge is 2.25. The van der Waals surface area contributed by atoms with E-state index in [1.54, 1.807) is 6.92 Å². The number of benzene rings is 2. The highest BCUT2D eigenvalue weighted by molar-refractivity contribution is 5.94. The van der Waals surface area contributed by atoms with Crippen molar-refractivity contribution >= 4 is 11.6 Å². The summed E-state index contributed by atoms with van der Waals surface area (Å²) in [4.78, 5) is 27.4. The van der Waals surface area contributed by atoms with Crippen LogP contribution in [0.4, 0.5) is 0 Å². The van der Waals surface area contributed by atoms with E-state index in [9.17, 15) is 14.7 Å². The third-order valence-corrected chi connectivity index (χ3v) is 4.64. The van der Waals surface area contributed by atoms with Crippen molar-refractivity contribution < 1.29 is 14.6 Å². The number of carbonyl (C=O) groups excluding carboxylic acids is 1. The molecule has 7 nitrogen and oxygen atoms in total. The second kappa shape index (κ2) is 7.27. The molecule has 0 aliphatic rings. The van der Waals surface area contributed by atoms with E-state index in [-0.39, 0.29) is 6.61 Å². The van der Waals surface area contributed by atoms with Crippen LogP contribution >= 0.6 is 0 Å². The van der Waals surface area contributed by atoms with Gasteiger partial charge in [0.25, 0.3) is 5.56 Å². The summed E-state index contributed by atoms with van der Waals surface area (Å²) in [5.74, 6) is -1.46. The van der Waals surface area contributed by atoms with E-state index in [4.69, 9.17) is 4.74 Å². The number of aryl methyl sites for hydroxylation is 1. The molecule has 0 radical (unpaired) electrons. The Morgan fingerprint density at radius 1 is 1.10 bits per heavy atom. The molecule has 4 aromatic rings. The van der Waals surface area contributed by atoms with Crippen molar-refractivity contribution in [2.24, 2.45) is 0 Å². The zero-order chi connectivity index (χ0) is 20.5. The Morgan fingerprint density at radius 3 is 2.45 bits per heavy atom. The van der Waals surface area contributed by atoms with Crippen LogP contribution in [0.3, 0.4) is 0 Å². The van der Waals surface area contributed by atoms with Gasteiger partial charge in [-0.05, 0) is 19.4 Å². The van der Waals surface area contributed by atoms with Gasteiger partial charge in [-0.3, -0.25) is 4.79 Å². The molecule has 4 rings (SSSR count). The molecule has 2 aromatic carbocycles. The molecule has 0 bridgehead atoms. The molecular weight excluding hydrogens is 370 g/mol. The normalized spacial score (nSPS) is 11.0. The summed E-state index contributed by atoms with van der Waals surface area (Å²) in [6.45, 7) is 3.69. The van der Waals surface area contributed by atoms with E-state index < -0.39 is 23.0 Å². The second-order valence-electron chi connectivity index (χ2n) is 6.59. The molecule has 146 valence electrons. The number of esters is 1. The highest BCUT2D eigenvalue weighted by atomic mass is 16.5. The lowest BCUT2D eigenvalue weighted by molar-refractivity contribution is 0.0519. The molecule has 0 unspecified atom stereocenters. The van der Waals surface area contributed by atoms with Crippen molar-refractivity contribution in [2.45, 2.75) is 13.8 Å². The Balaban J connectivity index is 2.07. The first-order chi connectivity index (χ1) is 14.0. The Bertz CT molecular complexity index is 1260. The number of nitrogens with one attached hydrogen (secondary N) is 1. The van der Waals surface area contributed by atoms with E-state index in [2.05, 4.69) is 10.1 Å². The Kier molecular flexibility index (Phi) is 4.64. The summed E-state index contributed by atoms with van der Waals surface area (Å²) >= 11 is 0. The summed E-state index contributed by atoms with van der Waals surface area (Å²) < 4.78 is 6.07. The van der Waals surface area contributed by atoms with E-state index >= 15 is 0 Å². The van der Waals surface area contributed by atoms with Gasteiger partial charge in [-0.25, -0.2) is 4.79 Å². The van der Waals surface area contributed by atoms with Gasteiger partial charge >= 0.3 is 5.97 Å². The number of H-pyrrole nitrogens is 1. The van der Waals surface area contributed by atoms with Crippen LogP contribution in [0.2, 0.25) is 0 Å². The Hall–Kier alpha value is -3.87. The van der Waals surface area contributed by atoms with E-state index in [0.29, 0.717) is 16.9 Å². The van der Waals surface area contributed by atoms with Gasteiger partial charge in [0.1, 0.15) is 11.3 Å². The van der Waals surface area contributed by atoms with Gasteiger partial charge in [0.15, 0.2) is 5.56 Å². The smallest absolute Gasteiger partial charge is 0.349 e. The summed E-state index contributed by atoms with van der Waals surface area (Å²) in [5.41, 5.74) is 3.03. The van der Waals surface area contributed by atoms with Gasteiger partial charge < -0.3 is 14.8 Å². The van der Waals surface area contributed by atoms with Crippen LogP contribution < -0.4 is 5.56 Å². The van der Waals surface area contributed by atoms with Gasteiger partial charge in [0.05, 0.1) is 12.2 Å². The monoisotopic (exact) mass is 389 g/mol. The molecular formula is C22H19N3O4. The minimum atomic E-state index is -0.901. The van der Waals surface area contributed by atoms with Crippen LogP contribution in [0.5, 0.6) is 5.88 Å². The number of rotatable bonds is 4. The van der Waals surface area contributed by atoms with Crippen LogP contribution in [0.15, 0.2) is 59.4 Å². The zero-order valence-electron chi connectivity index (χ0n) is 16.0. The van der Waals surface area contributed by atoms with E-state index in [0.717, 1.165) is 16.7 Å². The maximum atomic E-state index is 12.6. The van der Waals surface area contributed by atoms with Gasteiger partial charge in [-0.1, -0.05) is 60.2 Å². The standard InChI is InChI=1S/C22H19N3O4/c1-3-29-22(28)17-20(26)23-19-16(14-11-9-13(2)10-12-14)18(24-25(19)21(17)27)15-7-5-4-6-8-15/h4-12,27H,3H2,1-2H3,(H,23,26). The Labute approximate surface area is 166 Å². The fourth-order valence-electron chi connectivity index (χ4n) is 3.24. The molecule has 0 atom stereocenters. The number of nitrogens with zero attached hydrogens (tertiary/aromatic N) is 2. The second-order valence-corrected chi connectivity index (χ2v) is 6.59. The maximum Gasteiger partial charge on any atom is 0.349 e. The van der Waals surface area contributed by atoms with Crippen LogP contribution in [-0.2, 0) is 4.74 Å². The highest BCUT2D eigenvalue weighted by Crippen LogP contribution is 2.35. The lowest BCUT2D eigenvalue weighted by atomic mass is 10.0. The summed E-state index contributed by atoms with van der Waals surface area (Å²) in [6.07, 6.45) is 0. The summed E-state index contributed by atoms with van der Waals surface area (Å²) in [6, 6.07) is 17.2. The van der Waals surface area contributed by atoms with Crippen molar-refractivity contribution in [3.63, 3.8) is 0 Å². The van der Waals surface area contributed by atoms with Crippen LogP contribution in [0, 0.1) is 6.92 Å². The SMILES string of the molecule is CCOC(=O)c1c(O)n2nc(-c3ccccc3)c(-c3ccc(C)cc3)c2[nH]c1=O. The van der Waals surface area contributed by atoms with E-state index in [1.807, 2.05) is 61.5 Å². The molecule has 2 N–H and O–H groups in total. The maximum absolute atomic E-state index is 12.6. The Morgan fingerprint density at radius 2 is 1.79 bits per heavy atom. The molecule has 0 aliphatic heterocycles. The number of aromatic amines is 1. The number of ether oxygens (including phenoxy) is 1. The van der Waals surface area contributed by atoms with Gasteiger partial charge in [0.2, 0.25) is 5.88 Å². The summed E-state index contributed by atoms with van der Waals surface area (Å²) in [5, 5.41) is 15.2. The first-order valence-electron chi connectivity index (χ1n) is 9.18. The number of hydrogen-bond donors (Lipinski definition) is 2. The molecule has 2 heterocycles. The van der Waals surface area contributed by atoms with E-state index in [1.165, 1.54) is 4.52 Å². The van der Waals surface area contributed by atoms with Gasteiger partial charge in [-0.2, -0.15) is 9.61 Å². The topological polar surface area (TPSA) is 96.7 Å². The fourth-order valence-corrected chi connectivity index (χ4v) is 3.24. The molecule has 0 aliphatic carbocycles. The molecule has 0 fully saturated rings. The third kappa shape index (κ3) is 3.16. The number of hydrogen-bond acceptors (Lipinski definition) is 5. The predicted octanol–water partition coefficient (Wildman–Crippen LogP) is 3.55. The molecule has 0 amide bonds. The number of aromatic hydroxyl groups is 1. The molecule has 0 saturated heterocycles. The predicted molar refractivity (Wildman–Crippen MR) is 109 cm³/mol. The van der Waals surface area contributed by atoms with Crippen molar-refractivity contribution in [3.8, 4) is 28.3 Å². The van der Waals surface area contributed by atoms with Crippen molar-refractivity contribution in [3.05, 3.63) is 76.1 Å². The minimum absolute atomic E-state index is 0.0821.